The summed E-state index contributed by atoms with van der Waals surface area (Å²) in [5, 5.41) is 0. The van der Waals surface area contributed by atoms with Gasteiger partial charge in [0.05, 0.1) is 6.04 Å². The molecule has 0 amide bonds. The van der Waals surface area contributed by atoms with Crippen LogP contribution < -0.4 is 5.73 Å². The minimum absolute atomic E-state index is 0.548. The number of allylic oxidation sites excluding steroid dienone is 2. The first-order valence-corrected chi connectivity index (χ1v) is 7.37. The third kappa shape index (κ3) is 1.96. The number of halogens is 1. The van der Waals surface area contributed by atoms with Gasteiger partial charge in [0.1, 0.15) is 0 Å². The van der Waals surface area contributed by atoms with Crippen LogP contribution in [0.4, 0.5) is 0 Å². The zero-order valence-electron chi connectivity index (χ0n) is 10.1. The van der Waals surface area contributed by atoms with Gasteiger partial charge in [-0.05, 0) is 35.2 Å². The Morgan fingerprint density at radius 1 is 1.47 bits per heavy atom. The van der Waals surface area contributed by atoms with Gasteiger partial charge in [-0.25, -0.2) is 0 Å². The molecule has 4 heteroatoms. The normalized spacial score (nSPS) is 32.9. The molecule has 3 aliphatic rings. The average Bonchev–Trinajstić information content (AvgIpc) is 2.77. The van der Waals surface area contributed by atoms with Crippen LogP contribution in [0.25, 0.3) is 0 Å². The van der Waals surface area contributed by atoms with E-state index in [1.54, 1.807) is 0 Å². The SMILES string of the molecule is NCCN1CC2CCCN2C2=C(Br)C=CCC21. The number of piperazine rings is 1. The van der Waals surface area contributed by atoms with Crippen LogP contribution in [0, 0.1) is 0 Å². The number of nitrogens with two attached hydrogens (primary N) is 1. The number of hydrogen-bond acceptors (Lipinski definition) is 3. The second kappa shape index (κ2) is 4.75. The topological polar surface area (TPSA) is 32.5 Å². The van der Waals surface area contributed by atoms with E-state index in [-0.39, 0.29) is 0 Å². The molecule has 0 saturated carbocycles. The highest BCUT2D eigenvalue weighted by atomic mass is 79.9. The van der Waals surface area contributed by atoms with E-state index in [0.29, 0.717) is 12.1 Å². The van der Waals surface area contributed by atoms with Gasteiger partial charge >= 0.3 is 0 Å². The molecule has 0 bridgehead atoms. The van der Waals surface area contributed by atoms with E-state index >= 15 is 0 Å². The smallest absolute Gasteiger partial charge is 0.0544 e. The van der Waals surface area contributed by atoms with Gasteiger partial charge in [0.25, 0.3) is 0 Å². The minimum Gasteiger partial charge on any atom is -0.368 e. The van der Waals surface area contributed by atoms with Gasteiger partial charge in [0, 0.05) is 42.4 Å². The van der Waals surface area contributed by atoms with Crippen molar-refractivity contribution in [2.45, 2.75) is 31.3 Å². The van der Waals surface area contributed by atoms with E-state index in [9.17, 15) is 0 Å². The van der Waals surface area contributed by atoms with Gasteiger partial charge < -0.3 is 10.6 Å². The van der Waals surface area contributed by atoms with Crippen LogP contribution in [-0.4, -0.2) is 48.1 Å². The lowest BCUT2D eigenvalue weighted by atomic mass is 9.96. The van der Waals surface area contributed by atoms with Gasteiger partial charge in [-0.3, -0.25) is 4.90 Å². The standard InChI is InChI=1S/C13H20BrN3/c14-11-4-1-5-12-13(11)17-7-2-3-10(17)9-16(12)8-6-15/h1,4,10,12H,2-3,5-9,15H2. The van der Waals surface area contributed by atoms with Crippen molar-refractivity contribution < 1.29 is 0 Å². The van der Waals surface area contributed by atoms with Gasteiger partial charge in [-0.2, -0.15) is 0 Å². The molecule has 94 valence electrons. The quantitative estimate of drug-likeness (QED) is 0.841. The fourth-order valence-electron chi connectivity index (χ4n) is 3.46. The summed E-state index contributed by atoms with van der Waals surface area (Å²) in [4.78, 5) is 5.21. The lowest BCUT2D eigenvalue weighted by Crippen LogP contribution is -2.56. The lowest BCUT2D eigenvalue weighted by Gasteiger charge is -2.47. The minimum atomic E-state index is 0.548. The summed E-state index contributed by atoms with van der Waals surface area (Å²) >= 11 is 3.74. The molecule has 0 aromatic rings. The molecule has 2 aliphatic heterocycles. The first-order chi connectivity index (χ1) is 8.31. The zero-order valence-corrected chi connectivity index (χ0v) is 11.7. The Hall–Kier alpha value is -0.320. The molecule has 2 N–H and O–H groups in total. The summed E-state index contributed by atoms with van der Waals surface area (Å²) < 4.78 is 1.28. The molecule has 2 atom stereocenters. The van der Waals surface area contributed by atoms with E-state index in [1.165, 1.54) is 36.1 Å². The van der Waals surface area contributed by atoms with Gasteiger partial charge in [0.15, 0.2) is 0 Å². The third-order valence-corrected chi connectivity index (χ3v) is 4.84. The second-order valence-electron chi connectivity index (χ2n) is 5.16. The largest absolute Gasteiger partial charge is 0.368 e. The molecule has 2 saturated heterocycles. The van der Waals surface area contributed by atoms with E-state index in [1.807, 2.05) is 0 Å². The first kappa shape index (κ1) is 11.8. The molecular formula is C13H20BrN3. The van der Waals surface area contributed by atoms with Crippen molar-refractivity contribution in [1.82, 2.24) is 9.80 Å². The first-order valence-electron chi connectivity index (χ1n) is 6.58. The maximum absolute atomic E-state index is 5.75. The van der Waals surface area contributed by atoms with Gasteiger partial charge in [-0.15, -0.1) is 0 Å². The van der Waals surface area contributed by atoms with Crippen LogP contribution in [0.3, 0.4) is 0 Å². The van der Waals surface area contributed by atoms with Crippen molar-refractivity contribution in [3.63, 3.8) is 0 Å². The number of fused-ring (bicyclic) bond motifs is 3. The summed E-state index contributed by atoms with van der Waals surface area (Å²) in [5.74, 6) is 0. The van der Waals surface area contributed by atoms with Crippen molar-refractivity contribution in [1.29, 1.82) is 0 Å². The van der Waals surface area contributed by atoms with Crippen molar-refractivity contribution >= 4 is 15.9 Å². The van der Waals surface area contributed by atoms with Crippen molar-refractivity contribution in [3.8, 4) is 0 Å². The molecule has 2 unspecified atom stereocenters. The molecule has 3 nitrogen and oxygen atoms in total. The summed E-state index contributed by atoms with van der Waals surface area (Å²) in [6.45, 7) is 4.21. The van der Waals surface area contributed by atoms with Crippen LogP contribution in [0.2, 0.25) is 0 Å². The van der Waals surface area contributed by atoms with Crippen molar-refractivity contribution in [2.24, 2.45) is 5.73 Å². The number of rotatable bonds is 2. The number of nitrogens with zero attached hydrogens (tertiary/aromatic N) is 2. The van der Waals surface area contributed by atoms with Gasteiger partial charge in [-0.1, -0.05) is 12.2 Å². The highest BCUT2D eigenvalue weighted by Crippen LogP contribution is 2.38. The predicted molar refractivity (Wildman–Crippen MR) is 73.9 cm³/mol. The fraction of sp³-hybridized carbons (Fsp3) is 0.692. The monoisotopic (exact) mass is 297 g/mol. The summed E-state index contributed by atoms with van der Waals surface area (Å²) in [5.41, 5.74) is 7.26. The maximum Gasteiger partial charge on any atom is 0.0544 e. The highest BCUT2D eigenvalue weighted by Gasteiger charge is 2.40. The lowest BCUT2D eigenvalue weighted by molar-refractivity contribution is 0.0960. The molecule has 0 radical (unpaired) electrons. The molecule has 3 rings (SSSR count). The molecule has 0 aromatic heterocycles. The van der Waals surface area contributed by atoms with Crippen molar-refractivity contribution in [2.75, 3.05) is 26.2 Å². The van der Waals surface area contributed by atoms with E-state index < -0.39 is 0 Å². The Morgan fingerprint density at radius 3 is 3.18 bits per heavy atom. The Bertz CT molecular complexity index is 364. The predicted octanol–water partition coefficient (Wildman–Crippen LogP) is 1.66. The van der Waals surface area contributed by atoms with Crippen LogP contribution in [-0.2, 0) is 0 Å². The van der Waals surface area contributed by atoms with E-state index in [0.717, 1.165) is 19.5 Å². The molecule has 2 heterocycles. The Kier molecular flexibility index (Phi) is 3.28. The van der Waals surface area contributed by atoms with Crippen LogP contribution in [0.15, 0.2) is 22.3 Å². The molecule has 1 aliphatic carbocycles. The van der Waals surface area contributed by atoms with Crippen molar-refractivity contribution in [3.05, 3.63) is 22.3 Å². The summed E-state index contributed by atoms with van der Waals surface area (Å²) in [7, 11) is 0. The third-order valence-electron chi connectivity index (χ3n) is 4.17. The summed E-state index contributed by atoms with van der Waals surface area (Å²) in [6, 6.07) is 1.26. The zero-order chi connectivity index (χ0) is 11.8. The molecule has 17 heavy (non-hydrogen) atoms. The Balaban J connectivity index is 1.93. The summed E-state index contributed by atoms with van der Waals surface area (Å²) in [6.07, 6.45) is 8.29. The van der Waals surface area contributed by atoms with Crippen LogP contribution in [0.1, 0.15) is 19.3 Å². The molecule has 2 fully saturated rings. The molecular weight excluding hydrogens is 278 g/mol. The average molecular weight is 298 g/mol. The molecule has 0 spiro atoms. The molecule has 0 aromatic carbocycles. The maximum atomic E-state index is 5.75. The second-order valence-corrected chi connectivity index (χ2v) is 6.01. The van der Waals surface area contributed by atoms with Crippen LogP contribution >= 0.6 is 15.9 Å². The van der Waals surface area contributed by atoms with E-state index in [2.05, 4.69) is 37.9 Å². The highest BCUT2D eigenvalue weighted by molar-refractivity contribution is 9.11. The van der Waals surface area contributed by atoms with E-state index in [4.69, 9.17) is 5.73 Å². The Morgan fingerprint density at radius 2 is 2.35 bits per heavy atom. The number of hydrogen-bond donors (Lipinski definition) is 1. The van der Waals surface area contributed by atoms with Crippen LogP contribution in [0.5, 0.6) is 0 Å². The Labute approximate surface area is 111 Å². The van der Waals surface area contributed by atoms with Gasteiger partial charge in [0.2, 0.25) is 0 Å². The fourth-order valence-corrected chi connectivity index (χ4v) is 4.14.